The SMILES string of the molecule is COc1cccc(-c2nc(Cn3nnc(-c4cccc(C(=O)OC(C)C)c4)n3)cs2)c1. The molecular formula is C22H21N5O3S. The Hall–Kier alpha value is -3.59. The fourth-order valence-corrected chi connectivity index (χ4v) is 3.71. The molecule has 0 bridgehead atoms. The number of methoxy groups -OCH3 is 1. The molecule has 8 nitrogen and oxygen atoms in total. The zero-order chi connectivity index (χ0) is 21.8. The van der Waals surface area contributed by atoms with Gasteiger partial charge < -0.3 is 9.47 Å². The lowest BCUT2D eigenvalue weighted by molar-refractivity contribution is 0.0378. The Bertz CT molecular complexity index is 1200. The lowest BCUT2D eigenvalue weighted by Gasteiger charge is -2.08. The number of nitrogens with zero attached hydrogens (tertiary/aromatic N) is 5. The van der Waals surface area contributed by atoms with Gasteiger partial charge in [0.25, 0.3) is 0 Å². The monoisotopic (exact) mass is 435 g/mol. The van der Waals surface area contributed by atoms with Crippen molar-refractivity contribution in [1.82, 2.24) is 25.2 Å². The van der Waals surface area contributed by atoms with E-state index < -0.39 is 0 Å². The van der Waals surface area contributed by atoms with Crippen molar-refractivity contribution in [3.63, 3.8) is 0 Å². The van der Waals surface area contributed by atoms with Gasteiger partial charge in [0.15, 0.2) is 0 Å². The van der Waals surface area contributed by atoms with E-state index in [1.807, 2.05) is 49.6 Å². The van der Waals surface area contributed by atoms with Crippen LogP contribution >= 0.6 is 11.3 Å². The normalized spacial score (nSPS) is 11.0. The standard InChI is InChI=1S/C22H21N5O3S/c1-14(2)30-22(28)17-8-4-6-15(10-17)20-24-26-27(25-20)12-18-13-31-21(23-18)16-7-5-9-19(11-16)29-3/h4-11,13-14H,12H2,1-3H3. The van der Waals surface area contributed by atoms with Crippen molar-refractivity contribution >= 4 is 17.3 Å². The van der Waals surface area contributed by atoms with Crippen LogP contribution in [0.5, 0.6) is 5.75 Å². The second kappa shape index (κ2) is 9.05. The van der Waals surface area contributed by atoms with Crippen LogP contribution < -0.4 is 4.74 Å². The van der Waals surface area contributed by atoms with Gasteiger partial charge in [0.1, 0.15) is 17.3 Å². The quantitative estimate of drug-likeness (QED) is 0.404. The minimum Gasteiger partial charge on any atom is -0.497 e. The first-order chi connectivity index (χ1) is 15.0. The fourth-order valence-electron chi connectivity index (χ4n) is 2.91. The molecule has 2 heterocycles. The van der Waals surface area contributed by atoms with Gasteiger partial charge in [0.05, 0.1) is 24.5 Å². The second-order valence-corrected chi connectivity index (χ2v) is 7.91. The van der Waals surface area contributed by atoms with Crippen LogP contribution in [0.15, 0.2) is 53.9 Å². The number of tetrazole rings is 1. The first-order valence-corrected chi connectivity index (χ1v) is 10.6. The van der Waals surface area contributed by atoms with Gasteiger partial charge in [-0.3, -0.25) is 0 Å². The smallest absolute Gasteiger partial charge is 0.338 e. The predicted molar refractivity (Wildman–Crippen MR) is 117 cm³/mol. The molecule has 2 aromatic carbocycles. The van der Waals surface area contributed by atoms with Crippen LogP contribution in [0.3, 0.4) is 0 Å². The number of carbonyl (C=O) groups excluding carboxylic acids is 1. The predicted octanol–water partition coefficient (Wildman–Crippen LogP) is 4.09. The number of hydrogen-bond acceptors (Lipinski definition) is 8. The van der Waals surface area contributed by atoms with E-state index >= 15 is 0 Å². The van der Waals surface area contributed by atoms with E-state index in [0.29, 0.717) is 23.5 Å². The molecule has 158 valence electrons. The average molecular weight is 436 g/mol. The molecule has 0 aliphatic heterocycles. The van der Waals surface area contributed by atoms with Gasteiger partial charge in [0.2, 0.25) is 5.82 Å². The molecular weight excluding hydrogens is 414 g/mol. The largest absolute Gasteiger partial charge is 0.497 e. The highest BCUT2D eigenvalue weighted by molar-refractivity contribution is 7.13. The lowest BCUT2D eigenvalue weighted by atomic mass is 10.1. The van der Waals surface area contributed by atoms with Crippen LogP contribution in [-0.2, 0) is 11.3 Å². The summed E-state index contributed by atoms with van der Waals surface area (Å²) in [5, 5.41) is 15.5. The molecule has 0 radical (unpaired) electrons. The Morgan fingerprint density at radius 2 is 1.94 bits per heavy atom. The third kappa shape index (κ3) is 4.95. The summed E-state index contributed by atoms with van der Waals surface area (Å²) in [6.07, 6.45) is -0.185. The van der Waals surface area contributed by atoms with Crippen LogP contribution in [0.1, 0.15) is 29.9 Å². The second-order valence-electron chi connectivity index (χ2n) is 7.05. The van der Waals surface area contributed by atoms with Crippen molar-refractivity contribution in [1.29, 1.82) is 0 Å². The summed E-state index contributed by atoms with van der Waals surface area (Å²) in [4.78, 5) is 18.3. The summed E-state index contributed by atoms with van der Waals surface area (Å²) in [6.45, 7) is 4.02. The van der Waals surface area contributed by atoms with Crippen molar-refractivity contribution in [3.8, 4) is 27.7 Å². The van der Waals surface area contributed by atoms with E-state index in [1.54, 1.807) is 36.6 Å². The highest BCUT2D eigenvalue weighted by Gasteiger charge is 2.13. The maximum Gasteiger partial charge on any atom is 0.338 e. The van der Waals surface area contributed by atoms with Crippen molar-refractivity contribution in [2.75, 3.05) is 7.11 Å². The number of thiazole rings is 1. The number of rotatable bonds is 7. The van der Waals surface area contributed by atoms with E-state index in [0.717, 1.165) is 22.0 Å². The highest BCUT2D eigenvalue weighted by atomic mass is 32.1. The molecule has 0 fully saturated rings. The summed E-state index contributed by atoms with van der Waals surface area (Å²) >= 11 is 1.55. The average Bonchev–Trinajstić information content (AvgIpc) is 3.44. The topological polar surface area (TPSA) is 92.0 Å². The Labute approximate surface area is 183 Å². The maximum absolute atomic E-state index is 12.1. The maximum atomic E-state index is 12.1. The molecule has 0 saturated heterocycles. The first kappa shape index (κ1) is 20.7. The molecule has 0 saturated carbocycles. The molecule has 0 aliphatic carbocycles. The van der Waals surface area contributed by atoms with Gasteiger partial charge in [-0.2, -0.15) is 4.80 Å². The minimum absolute atomic E-state index is 0.185. The van der Waals surface area contributed by atoms with Gasteiger partial charge in [0, 0.05) is 16.5 Å². The van der Waals surface area contributed by atoms with Crippen LogP contribution in [0, 0.1) is 0 Å². The zero-order valence-electron chi connectivity index (χ0n) is 17.3. The molecule has 0 N–H and O–H groups in total. The molecule has 0 spiro atoms. The van der Waals surface area contributed by atoms with E-state index in [2.05, 4.69) is 20.4 Å². The fraction of sp³-hybridized carbons (Fsp3) is 0.227. The van der Waals surface area contributed by atoms with Gasteiger partial charge in [-0.05, 0) is 43.3 Å². The molecule has 4 rings (SSSR count). The molecule has 0 amide bonds. The Morgan fingerprint density at radius 3 is 2.74 bits per heavy atom. The minimum atomic E-state index is -0.378. The molecule has 0 atom stereocenters. The summed E-state index contributed by atoms with van der Waals surface area (Å²) in [5.74, 6) is 0.843. The molecule has 4 aromatic rings. The molecule has 2 aromatic heterocycles. The van der Waals surface area contributed by atoms with Crippen molar-refractivity contribution in [2.24, 2.45) is 0 Å². The Morgan fingerprint density at radius 1 is 1.13 bits per heavy atom. The number of hydrogen-bond donors (Lipinski definition) is 0. The Balaban J connectivity index is 1.49. The van der Waals surface area contributed by atoms with Crippen molar-refractivity contribution in [3.05, 3.63) is 65.2 Å². The van der Waals surface area contributed by atoms with Gasteiger partial charge >= 0.3 is 5.97 Å². The van der Waals surface area contributed by atoms with E-state index in [4.69, 9.17) is 9.47 Å². The lowest BCUT2D eigenvalue weighted by Crippen LogP contribution is -2.11. The third-order valence-corrected chi connectivity index (χ3v) is 5.26. The van der Waals surface area contributed by atoms with Crippen LogP contribution in [0.4, 0.5) is 0 Å². The number of aromatic nitrogens is 5. The van der Waals surface area contributed by atoms with Gasteiger partial charge in [-0.15, -0.1) is 21.5 Å². The summed E-state index contributed by atoms with van der Waals surface area (Å²) in [6, 6.07) is 14.8. The highest BCUT2D eigenvalue weighted by Crippen LogP contribution is 2.27. The van der Waals surface area contributed by atoms with E-state index in [-0.39, 0.29) is 12.1 Å². The molecule has 31 heavy (non-hydrogen) atoms. The summed E-state index contributed by atoms with van der Waals surface area (Å²) in [7, 11) is 1.64. The number of carbonyl (C=O) groups is 1. The summed E-state index contributed by atoms with van der Waals surface area (Å²) in [5.41, 5.74) is 2.97. The number of benzene rings is 2. The van der Waals surface area contributed by atoms with Gasteiger partial charge in [-0.1, -0.05) is 24.3 Å². The van der Waals surface area contributed by atoms with Crippen LogP contribution in [-0.4, -0.2) is 44.4 Å². The van der Waals surface area contributed by atoms with E-state index in [1.165, 1.54) is 4.80 Å². The zero-order valence-corrected chi connectivity index (χ0v) is 18.2. The van der Waals surface area contributed by atoms with E-state index in [9.17, 15) is 4.79 Å². The Kier molecular flexibility index (Phi) is 6.03. The first-order valence-electron chi connectivity index (χ1n) is 9.70. The molecule has 9 heteroatoms. The third-order valence-electron chi connectivity index (χ3n) is 4.32. The van der Waals surface area contributed by atoms with Gasteiger partial charge in [-0.25, -0.2) is 9.78 Å². The number of esters is 1. The number of ether oxygens (including phenoxy) is 2. The molecule has 0 aliphatic rings. The van der Waals surface area contributed by atoms with Crippen molar-refractivity contribution in [2.45, 2.75) is 26.5 Å². The van der Waals surface area contributed by atoms with Crippen molar-refractivity contribution < 1.29 is 14.3 Å². The van der Waals surface area contributed by atoms with Crippen LogP contribution in [0.25, 0.3) is 22.0 Å². The summed E-state index contributed by atoms with van der Waals surface area (Å²) < 4.78 is 10.5. The van der Waals surface area contributed by atoms with Crippen LogP contribution in [0.2, 0.25) is 0 Å². The molecule has 0 unspecified atom stereocenters.